The van der Waals surface area contributed by atoms with Gasteiger partial charge in [0.25, 0.3) is 0 Å². The monoisotopic (exact) mass is 261 g/mol. The summed E-state index contributed by atoms with van der Waals surface area (Å²) in [5.74, 6) is 0.782. The number of nitrogens with zero attached hydrogens (tertiary/aromatic N) is 2. The average molecular weight is 261 g/mol. The number of ether oxygens (including phenoxy) is 1. The molecule has 102 valence electrons. The Morgan fingerprint density at radius 2 is 2.11 bits per heavy atom. The molecular weight excluding hydrogens is 240 g/mol. The number of hydrogen-bond donors (Lipinski definition) is 1. The van der Waals surface area contributed by atoms with E-state index in [1.807, 2.05) is 0 Å². The molecule has 1 aromatic rings. The molecule has 0 saturated carbocycles. The molecule has 0 spiro atoms. The number of aliphatic hydroxyl groups is 1. The second-order valence-electron chi connectivity index (χ2n) is 4.44. The van der Waals surface area contributed by atoms with Crippen LogP contribution < -0.4 is 4.74 Å². The highest BCUT2D eigenvalue weighted by atomic mass is 16.5. The lowest BCUT2D eigenvalue weighted by Gasteiger charge is -2.01. The number of diazo groups is 1. The minimum absolute atomic E-state index is 0.117. The lowest BCUT2D eigenvalue weighted by Crippen LogP contribution is -1.91. The Bertz CT molecular complexity index is 475. The molecule has 0 aliphatic rings. The molecule has 4 heteroatoms. The minimum Gasteiger partial charge on any atom is -0.505 e. The third-order valence-corrected chi connectivity index (χ3v) is 2.98. The van der Waals surface area contributed by atoms with Crippen molar-refractivity contribution in [3.63, 3.8) is 0 Å². The topological polar surface area (TPSA) is 57.6 Å². The molecule has 0 heterocycles. The lowest BCUT2D eigenvalue weighted by molar-refractivity contribution is 0.384. The van der Waals surface area contributed by atoms with Crippen molar-refractivity contribution < 1.29 is 9.84 Å². The highest BCUT2D eigenvalue weighted by Gasteiger charge is 2.21. The summed E-state index contributed by atoms with van der Waals surface area (Å²) in [6.07, 6.45) is 4.78. The van der Waals surface area contributed by atoms with Crippen molar-refractivity contribution in [1.29, 1.82) is 5.39 Å². The predicted molar refractivity (Wildman–Crippen MR) is 76.4 cm³/mol. The summed E-state index contributed by atoms with van der Waals surface area (Å²) in [5, 5.41) is 19.1. The largest absolute Gasteiger partial charge is 0.505 e. The zero-order chi connectivity index (χ0) is 14.1. The van der Waals surface area contributed by atoms with Crippen molar-refractivity contribution in [3.05, 3.63) is 40.6 Å². The summed E-state index contributed by atoms with van der Waals surface area (Å²) >= 11 is 0. The smallest absolute Gasteiger partial charge is 0.429 e. The molecule has 0 saturated heterocycles. The molecule has 0 atom stereocenters. The van der Waals surface area contributed by atoms with Gasteiger partial charge in [0.1, 0.15) is 5.75 Å². The van der Waals surface area contributed by atoms with Crippen molar-refractivity contribution in [2.24, 2.45) is 0 Å². The summed E-state index contributed by atoms with van der Waals surface area (Å²) in [5.41, 5.74) is 0.866. The van der Waals surface area contributed by atoms with Crippen molar-refractivity contribution in [3.8, 4) is 5.75 Å². The number of rotatable bonds is 7. The molecule has 1 rings (SSSR count). The van der Waals surface area contributed by atoms with Gasteiger partial charge in [0.15, 0.2) is 10.7 Å². The van der Waals surface area contributed by atoms with Gasteiger partial charge >= 0.3 is 5.70 Å². The Hall–Kier alpha value is -2.02. The molecule has 0 radical (unpaired) electrons. The summed E-state index contributed by atoms with van der Waals surface area (Å²) in [4.78, 5) is 3.21. The first-order valence-corrected chi connectivity index (χ1v) is 6.64. The van der Waals surface area contributed by atoms with E-state index in [1.165, 1.54) is 0 Å². The average Bonchev–Trinajstić information content (AvgIpc) is 2.44. The Morgan fingerprint density at radius 1 is 1.32 bits per heavy atom. The van der Waals surface area contributed by atoms with Crippen LogP contribution in [0, 0.1) is 5.39 Å². The maximum Gasteiger partial charge on any atom is 0.429 e. The van der Waals surface area contributed by atoms with Crippen molar-refractivity contribution >= 4 is 5.70 Å². The Kier molecular flexibility index (Phi) is 6.45. The summed E-state index contributed by atoms with van der Waals surface area (Å²) in [6, 6.07) is 7.11. The van der Waals surface area contributed by atoms with E-state index in [4.69, 9.17) is 10.1 Å². The molecule has 0 aliphatic carbocycles. The van der Waals surface area contributed by atoms with Gasteiger partial charge in [0.2, 0.25) is 5.39 Å². The fraction of sp³-hybridized carbons (Fsp3) is 0.467. The number of aliphatic hydroxyl groups excluding tert-OH is 1. The van der Waals surface area contributed by atoms with Crippen LogP contribution in [0.3, 0.4) is 0 Å². The zero-order valence-electron chi connectivity index (χ0n) is 11.6. The quantitative estimate of drug-likeness (QED) is 0.438. The maximum atomic E-state index is 10.0. The normalized spacial score (nSPS) is 11.6. The SMILES string of the molecule is CCCCCC/C(O)=C(\[N+]#N)c1cccc(OC)c1. The molecule has 0 aliphatic heterocycles. The first-order valence-electron chi connectivity index (χ1n) is 6.64. The molecule has 4 nitrogen and oxygen atoms in total. The molecule has 0 unspecified atom stereocenters. The van der Waals surface area contributed by atoms with E-state index in [1.54, 1.807) is 31.4 Å². The third kappa shape index (κ3) is 4.63. The number of methoxy groups -OCH3 is 1. The van der Waals surface area contributed by atoms with Gasteiger partial charge < -0.3 is 9.84 Å². The van der Waals surface area contributed by atoms with Gasteiger partial charge in [-0.3, -0.25) is 0 Å². The Balaban J connectivity index is 2.82. The standard InChI is InChI=1S/C15H20N2O2/c1-3-4-5-6-10-14(18)15(17-16)12-8-7-9-13(11-12)19-2/h7-9,11H,3-6,10H2,1-2H3/p+1/b15-14+. The van der Waals surface area contributed by atoms with E-state index in [9.17, 15) is 5.11 Å². The Morgan fingerprint density at radius 3 is 2.74 bits per heavy atom. The fourth-order valence-corrected chi connectivity index (χ4v) is 1.89. The zero-order valence-corrected chi connectivity index (χ0v) is 11.6. The molecule has 0 amide bonds. The third-order valence-electron chi connectivity index (χ3n) is 2.98. The van der Waals surface area contributed by atoms with E-state index in [2.05, 4.69) is 11.9 Å². The van der Waals surface area contributed by atoms with E-state index in [-0.39, 0.29) is 11.5 Å². The van der Waals surface area contributed by atoms with Gasteiger partial charge in [0.05, 0.1) is 12.7 Å². The number of hydrogen-bond acceptors (Lipinski definition) is 3. The van der Waals surface area contributed by atoms with E-state index in [0.29, 0.717) is 17.7 Å². The van der Waals surface area contributed by atoms with Crippen LogP contribution >= 0.6 is 0 Å². The van der Waals surface area contributed by atoms with Crippen molar-refractivity contribution in [2.45, 2.75) is 39.0 Å². The van der Waals surface area contributed by atoms with Gasteiger partial charge in [0, 0.05) is 6.42 Å². The van der Waals surface area contributed by atoms with Crippen molar-refractivity contribution in [1.82, 2.24) is 0 Å². The molecular formula is C15H21N2O2+. The summed E-state index contributed by atoms with van der Waals surface area (Å²) < 4.78 is 5.11. The molecule has 0 bridgehead atoms. The van der Waals surface area contributed by atoms with Crippen LogP contribution in [0.2, 0.25) is 0 Å². The Labute approximate surface area is 114 Å². The first kappa shape index (κ1) is 15.0. The van der Waals surface area contributed by atoms with E-state index >= 15 is 0 Å². The van der Waals surface area contributed by atoms with Crippen LogP contribution in [-0.4, -0.2) is 12.2 Å². The van der Waals surface area contributed by atoms with Gasteiger partial charge in [-0.15, -0.1) is 0 Å². The molecule has 0 fully saturated rings. The maximum absolute atomic E-state index is 10.0. The second kappa shape index (κ2) is 8.15. The van der Waals surface area contributed by atoms with Gasteiger partial charge in [-0.1, -0.05) is 32.3 Å². The number of benzene rings is 1. The number of unbranched alkanes of at least 4 members (excludes halogenated alkanes) is 3. The van der Waals surface area contributed by atoms with Gasteiger partial charge in [-0.2, -0.15) is 0 Å². The van der Waals surface area contributed by atoms with Crippen molar-refractivity contribution in [2.75, 3.05) is 7.11 Å². The molecule has 1 N–H and O–H groups in total. The minimum atomic E-state index is 0.117. The van der Waals surface area contributed by atoms with Crippen LogP contribution in [0.25, 0.3) is 10.7 Å². The van der Waals surface area contributed by atoms with Crippen LogP contribution in [0.15, 0.2) is 30.0 Å². The first-order chi connectivity index (χ1) is 9.22. The molecule has 0 aromatic heterocycles. The molecule has 19 heavy (non-hydrogen) atoms. The van der Waals surface area contributed by atoms with Crippen LogP contribution in [0.1, 0.15) is 44.6 Å². The highest BCUT2D eigenvalue weighted by Crippen LogP contribution is 2.25. The van der Waals surface area contributed by atoms with Crippen LogP contribution in [-0.2, 0) is 0 Å². The highest BCUT2D eigenvalue weighted by molar-refractivity contribution is 5.72. The number of allylic oxidation sites excluding steroid dienone is 1. The second-order valence-corrected chi connectivity index (χ2v) is 4.44. The van der Waals surface area contributed by atoms with Crippen LogP contribution in [0.5, 0.6) is 5.75 Å². The summed E-state index contributed by atoms with van der Waals surface area (Å²) in [7, 11) is 1.57. The summed E-state index contributed by atoms with van der Waals surface area (Å²) in [6.45, 7) is 2.14. The molecule has 1 aromatic carbocycles. The van der Waals surface area contributed by atoms with E-state index < -0.39 is 0 Å². The predicted octanol–water partition coefficient (Wildman–Crippen LogP) is 4.75. The van der Waals surface area contributed by atoms with E-state index in [0.717, 1.165) is 25.7 Å². The lowest BCUT2D eigenvalue weighted by atomic mass is 10.1. The van der Waals surface area contributed by atoms with Gasteiger partial charge in [-0.05, 0) is 24.6 Å². The van der Waals surface area contributed by atoms with Gasteiger partial charge in [-0.25, -0.2) is 0 Å². The van der Waals surface area contributed by atoms with Crippen LogP contribution in [0.4, 0.5) is 0 Å². The fourth-order valence-electron chi connectivity index (χ4n) is 1.89.